The highest BCUT2D eigenvalue weighted by atomic mass is 32.2. The number of carbonyl (C=O) groups is 2. The maximum atomic E-state index is 12.0. The van der Waals surface area contributed by atoms with Gasteiger partial charge in [0, 0.05) is 31.3 Å². The molecule has 1 atom stereocenters. The molecule has 1 aromatic rings. The quantitative estimate of drug-likeness (QED) is 0.848. The molecule has 0 saturated carbocycles. The summed E-state index contributed by atoms with van der Waals surface area (Å²) < 4.78 is 0. The summed E-state index contributed by atoms with van der Waals surface area (Å²) >= 11 is 1.30. The maximum absolute atomic E-state index is 12.0. The van der Waals surface area contributed by atoms with Gasteiger partial charge >= 0.3 is 0 Å². The van der Waals surface area contributed by atoms with Crippen molar-refractivity contribution in [1.82, 2.24) is 4.98 Å². The summed E-state index contributed by atoms with van der Waals surface area (Å²) in [4.78, 5) is 29.2. The van der Waals surface area contributed by atoms with Crippen LogP contribution in [0.2, 0.25) is 0 Å². The second kappa shape index (κ2) is 6.19. The number of carbonyl (C=O) groups excluding carboxylic acids is 2. The highest BCUT2D eigenvalue weighted by Crippen LogP contribution is 2.26. The first-order valence-corrected chi connectivity index (χ1v) is 7.48. The van der Waals surface area contributed by atoms with Crippen LogP contribution in [0.3, 0.4) is 0 Å². The average molecular weight is 278 g/mol. The van der Waals surface area contributed by atoms with Crippen molar-refractivity contribution in [3.63, 3.8) is 0 Å². The Morgan fingerprint density at radius 1 is 1.53 bits per heavy atom. The number of pyridine rings is 1. The molecule has 2 heterocycles. The number of hydrogen-bond donors (Lipinski definition) is 0. The summed E-state index contributed by atoms with van der Waals surface area (Å²) in [5.74, 6) is 1.80. The molecule has 2 rings (SSSR count). The molecule has 0 radical (unpaired) electrons. The summed E-state index contributed by atoms with van der Waals surface area (Å²) in [5, 5.41) is 0.108. The van der Waals surface area contributed by atoms with E-state index in [4.69, 9.17) is 0 Å². The van der Waals surface area contributed by atoms with Gasteiger partial charge in [-0.15, -0.1) is 0 Å². The van der Waals surface area contributed by atoms with Crippen LogP contribution in [0.15, 0.2) is 18.2 Å². The molecule has 5 heteroatoms. The van der Waals surface area contributed by atoms with Crippen molar-refractivity contribution >= 4 is 28.6 Å². The Hall–Kier alpha value is -1.36. The van der Waals surface area contributed by atoms with Gasteiger partial charge < -0.3 is 0 Å². The van der Waals surface area contributed by atoms with E-state index in [1.165, 1.54) is 11.8 Å². The average Bonchev–Trinajstić information content (AvgIpc) is 2.78. The molecule has 0 spiro atoms. The van der Waals surface area contributed by atoms with Gasteiger partial charge in [0.25, 0.3) is 0 Å². The highest BCUT2D eigenvalue weighted by Gasteiger charge is 2.31. The molecule has 1 unspecified atom stereocenters. The molecule has 4 nitrogen and oxygen atoms in total. The van der Waals surface area contributed by atoms with Crippen LogP contribution >= 0.6 is 11.8 Å². The van der Waals surface area contributed by atoms with Gasteiger partial charge in [-0.05, 0) is 24.5 Å². The molecule has 19 heavy (non-hydrogen) atoms. The second-order valence-electron chi connectivity index (χ2n) is 4.72. The Balaban J connectivity index is 2.04. The lowest BCUT2D eigenvalue weighted by molar-refractivity contribution is -0.117. The van der Waals surface area contributed by atoms with Crippen molar-refractivity contribution < 1.29 is 9.59 Å². The van der Waals surface area contributed by atoms with E-state index in [1.54, 1.807) is 11.8 Å². The molecular formula is C14H18N2O2S. The number of nitrogens with zero attached hydrogens (tertiary/aromatic N) is 2. The zero-order valence-electron chi connectivity index (χ0n) is 11.3. The standard InChI is InChI=1S/C14H18N2O2S/c1-3-12-5-4-6-13(15-12)16-8-11(7-14(16)18)9-19-10(2)17/h4-6,11H,3,7-9H2,1-2H3. The normalized spacial score (nSPS) is 18.9. The lowest BCUT2D eigenvalue weighted by atomic mass is 10.1. The fraction of sp³-hybridized carbons (Fsp3) is 0.500. The number of thioether (sulfide) groups is 1. The third kappa shape index (κ3) is 3.56. The van der Waals surface area contributed by atoms with Crippen molar-refractivity contribution in [2.24, 2.45) is 5.92 Å². The highest BCUT2D eigenvalue weighted by molar-refractivity contribution is 8.13. The third-order valence-electron chi connectivity index (χ3n) is 3.16. The number of aryl methyl sites for hydroxylation is 1. The first-order valence-electron chi connectivity index (χ1n) is 6.49. The number of rotatable bonds is 4. The van der Waals surface area contributed by atoms with E-state index in [2.05, 4.69) is 4.98 Å². The molecule has 1 fully saturated rings. The minimum atomic E-state index is 0.106. The Bertz CT molecular complexity index is 490. The topological polar surface area (TPSA) is 50.3 Å². The predicted octanol–water partition coefficient (Wildman–Crippen LogP) is 2.28. The lowest BCUT2D eigenvalue weighted by Crippen LogP contribution is -2.26. The largest absolute Gasteiger partial charge is 0.296 e. The zero-order valence-corrected chi connectivity index (χ0v) is 12.1. The van der Waals surface area contributed by atoms with Crippen LogP contribution in [0.4, 0.5) is 5.82 Å². The van der Waals surface area contributed by atoms with Gasteiger partial charge in [-0.25, -0.2) is 4.98 Å². The Morgan fingerprint density at radius 3 is 3.00 bits per heavy atom. The summed E-state index contributed by atoms with van der Waals surface area (Å²) in [7, 11) is 0. The SMILES string of the molecule is CCc1cccc(N2CC(CSC(C)=O)CC2=O)n1. The van der Waals surface area contributed by atoms with Crippen LogP contribution < -0.4 is 4.90 Å². The number of aromatic nitrogens is 1. The van der Waals surface area contributed by atoms with Gasteiger partial charge in [0.05, 0.1) is 0 Å². The first kappa shape index (κ1) is 14.1. The van der Waals surface area contributed by atoms with Crippen LogP contribution in [0.5, 0.6) is 0 Å². The molecule has 0 aromatic carbocycles. The van der Waals surface area contributed by atoms with Gasteiger partial charge in [-0.2, -0.15) is 0 Å². The first-order chi connectivity index (χ1) is 9.10. The molecular weight excluding hydrogens is 260 g/mol. The number of amides is 1. The molecule has 1 aromatic heterocycles. The monoisotopic (exact) mass is 278 g/mol. The van der Waals surface area contributed by atoms with Crippen LogP contribution in [0.25, 0.3) is 0 Å². The summed E-state index contributed by atoms with van der Waals surface area (Å²) in [6, 6.07) is 5.77. The second-order valence-corrected chi connectivity index (χ2v) is 5.91. The number of anilines is 1. The van der Waals surface area contributed by atoms with E-state index in [9.17, 15) is 9.59 Å². The van der Waals surface area contributed by atoms with E-state index in [1.807, 2.05) is 25.1 Å². The van der Waals surface area contributed by atoms with Gasteiger partial charge in [-0.1, -0.05) is 24.8 Å². The van der Waals surface area contributed by atoms with Crippen LogP contribution in [0, 0.1) is 5.92 Å². The van der Waals surface area contributed by atoms with Crippen LogP contribution in [-0.4, -0.2) is 28.3 Å². The molecule has 1 saturated heterocycles. The smallest absolute Gasteiger partial charge is 0.228 e. The maximum Gasteiger partial charge on any atom is 0.228 e. The summed E-state index contributed by atoms with van der Waals surface area (Å²) in [6.45, 7) is 4.27. The summed E-state index contributed by atoms with van der Waals surface area (Å²) in [6.07, 6.45) is 1.37. The minimum absolute atomic E-state index is 0.106. The van der Waals surface area contributed by atoms with Crippen LogP contribution in [0.1, 0.15) is 26.0 Å². The van der Waals surface area contributed by atoms with Crippen molar-refractivity contribution in [2.75, 3.05) is 17.2 Å². The molecule has 0 aliphatic carbocycles. The fourth-order valence-electron chi connectivity index (χ4n) is 2.16. The lowest BCUT2D eigenvalue weighted by Gasteiger charge is -2.16. The Labute approximate surface area is 117 Å². The van der Waals surface area contributed by atoms with E-state index < -0.39 is 0 Å². The molecule has 0 N–H and O–H groups in total. The molecule has 102 valence electrons. The van der Waals surface area contributed by atoms with Gasteiger partial charge in [0.1, 0.15) is 5.82 Å². The molecule has 1 aliphatic rings. The Kier molecular flexibility index (Phi) is 4.58. The van der Waals surface area contributed by atoms with E-state index in [0.29, 0.717) is 18.7 Å². The van der Waals surface area contributed by atoms with Crippen molar-refractivity contribution in [1.29, 1.82) is 0 Å². The third-order valence-corrected chi connectivity index (χ3v) is 4.20. The van der Waals surface area contributed by atoms with Crippen molar-refractivity contribution in [3.8, 4) is 0 Å². The molecule has 0 bridgehead atoms. The zero-order chi connectivity index (χ0) is 13.8. The van der Waals surface area contributed by atoms with Gasteiger partial charge in [0.2, 0.25) is 5.91 Å². The summed E-state index contributed by atoms with van der Waals surface area (Å²) in [5.41, 5.74) is 0.992. The minimum Gasteiger partial charge on any atom is -0.296 e. The molecule has 1 aliphatic heterocycles. The van der Waals surface area contributed by atoms with Crippen molar-refractivity contribution in [2.45, 2.75) is 26.7 Å². The fourth-order valence-corrected chi connectivity index (χ4v) is 2.86. The van der Waals surface area contributed by atoms with Crippen molar-refractivity contribution in [3.05, 3.63) is 23.9 Å². The predicted molar refractivity (Wildman–Crippen MR) is 77.2 cm³/mol. The van der Waals surface area contributed by atoms with Gasteiger partial charge in [-0.3, -0.25) is 14.5 Å². The molecule has 1 amide bonds. The van der Waals surface area contributed by atoms with E-state index in [0.717, 1.165) is 17.9 Å². The van der Waals surface area contributed by atoms with Gasteiger partial charge in [0.15, 0.2) is 5.12 Å². The Morgan fingerprint density at radius 2 is 2.32 bits per heavy atom. The van der Waals surface area contributed by atoms with Crippen LogP contribution in [-0.2, 0) is 16.0 Å². The van der Waals surface area contributed by atoms with E-state index >= 15 is 0 Å². The van der Waals surface area contributed by atoms with E-state index in [-0.39, 0.29) is 16.9 Å². The number of hydrogen-bond acceptors (Lipinski definition) is 4.